The van der Waals surface area contributed by atoms with Crippen LogP contribution in [0.2, 0.25) is 0 Å². The quantitative estimate of drug-likeness (QED) is 0.438. The Bertz CT molecular complexity index is 873. The SMILES string of the molecule is C=CC1=C(C=C)/C(=N/Nc2cc(N(CCC)CCC)nc(OCCN3CCOCC3)n2)CCO1. The molecule has 0 aliphatic carbocycles. The van der Waals surface area contributed by atoms with E-state index in [1.807, 2.05) is 6.07 Å². The molecule has 2 aliphatic rings. The van der Waals surface area contributed by atoms with Crippen LogP contribution < -0.4 is 15.1 Å². The van der Waals surface area contributed by atoms with E-state index in [4.69, 9.17) is 19.2 Å². The Hall–Kier alpha value is -2.91. The molecule has 1 saturated heterocycles. The van der Waals surface area contributed by atoms with Gasteiger partial charge in [0.2, 0.25) is 0 Å². The van der Waals surface area contributed by atoms with Crippen LogP contribution in [0.5, 0.6) is 6.01 Å². The van der Waals surface area contributed by atoms with E-state index in [-0.39, 0.29) is 0 Å². The molecule has 2 aliphatic heterocycles. The van der Waals surface area contributed by atoms with Crippen molar-refractivity contribution >= 4 is 17.3 Å². The summed E-state index contributed by atoms with van der Waals surface area (Å²) in [6.07, 6.45) is 6.15. The number of hydrazone groups is 1. The average Bonchev–Trinajstić information content (AvgIpc) is 2.87. The topological polar surface area (TPSA) is 84.3 Å². The smallest absolute Gasteiger partial charge is 0.320 e. The number of aromatic nitrogens is 2. The van der Waals surface area contributed by atoms with E-state index in [2.05, 4.69) is 52.3 Å². The molecule has 34 heavy (non-hydrogen) atoms. The fourth-order valence-electron chi connectivity index (χ4n) is 3.91. The molecule has 186 valence electrons. The fourth-order valence-corrected chi connectivity index (χ4v) is 3.91. The molecule has 3 rings (SSSR count). The molecule has 0 spiro atoms. The monoisotopic (exact) mass is 470 g/mol. The second-order valence-corrected chi connectivity index (χ2v) is 8.14. The van der Waals surface area contributed by atoms with Gasteiger partial charge >= 0.3 is 6.01 Å². The number of anilines is 2. The van der Waals surface area contributed by atoms with Crippen molar-refractivity contribution in [2.24, 2.45) is 5.10 Å². The zero-order chi connectivity index (χ0) is 24.2. The van der Waals surface area contributed by atoms with E-state index in [1.54, 1.807) is 12.2 Å². The number of hydrogen-bond donors (Lipinski definition) is 1. The minimum Gasteiger partial charge on any atom is -0.493 e. The molecule has 0 amide bonds. The summed E-state index contributed by atoms with van der Waals surface area (Å²) in [5, 5.41) is 4.61. The fraction of sp³-hybridized carbons (Fsp3) is 0.560. The molecular formula is C25H38N6O3. The molecular weight excluding hydrogens is 432 g/mol. The lowest BCUT2D eigenvalue weighted by atomic mass is 10.0. The Kier molecular flexibility index (Phi) is 10.4. The zero-order valence-corrected chi connectivity index (χ0v) is 20.6. The van der Waals surface area contributed by atoms with Crippen LogP contribution in [0, 0.1) is 0 Å². The van der Waals surface area contributed by atoms with Crippen LogP contribution in [0.15, 0.2) is 47.8 Å². The first-order valence-corrected chi connectivity index (χ1v) is 12.2. The van der Waals surface area contributed by atoms with E-state index in [0.29, 0.717) is 37.2 Å². The van der Waals surface area contributed by atoms with E-state index >= 15 is 0 Å². The number of ether oxygens (including phenoxy) is 3. The van der Waals surface area contributed by atoms with E-state index in [1.165, 1.54) is 0 Å². The zero-order valence-electron chi connectivity index (χ0n) is 20.6. The predicted octanol–water partition coefficient (Wildman–Crippen LogP) is 3.63. The average molecular weight is 471 g/mol. The molecule has 0 unspecified atom stereocenters. The van der Waals surface area contributed by atoms with Gasteiger partial charge in [-0.1, -0.05) is 33.1 Å². The van der Waals surface area contributed by atoms with Crippen molar-refractivity contribution in [3.63, 3.8) is 0 Å². The maximum absolute atomic E-state index is 5.99. The summed E-state index contributed by atoms with van der Waals surface area (Å²) in [5.41, 5.74) is 4.80. The highest BCUT2D eigenvalue weighted by Crippen LogP contribution is 2.22. The third kappa shape index (κ3) is 7.30. The largest absolute Gasteiger partial charge is 0.493 e. The van der Waals surface area contributed by atoms with Crippen molar-refractivity contribution in [1.82, 2.24) is 14.9 Å². The van der Waals surface area contributed by atoms with Crippen LogP contribution in [0.3, 0.4) is 0 Å². The lowest BCUT2D eigenvalue weighted by Crippen LogP contribution is -2.38. The highest BCUT2D eigenvalue weighted by atomic mass is 16.5. The summed E-state index contributed by atoms with van der Waals surface area (Å²) in [6, 6.07) is 2.28. The normalized spacial score (nSPS) is 17.9. The van der Waals surface area contributed by atoms with Gasteiger partial charge in [0, 0.05) is 50.8 Å². The number of allylic oxidation sites excluding steroid dienone is 3. The molecule has 1 aromatic rings. The predicted molar refractivity (Wildman–Crippen MR) is 137 cm³/mol. The Morgan fingerprint density at radius 2 is 1.91 bits per heavy atom. The van der Waals surface area contributed by atoms with Gasteiger partial charge in [-0.3, -0.25) is 10.3 Å². The molecule has 0 saturated carbocycles. The van der Waals surface area contributed by atoms with Crippen molar-refractivity contribution in [3.8, 4) is 6.01 Å². The molecule has 0 aromatic carbocycles. The Morgan fingerprint density at radius 1 is 1.15 bits per heavy atom. The van der Waals surface area contributed by atoms with Crippen LogP contribution in [-0.2, 0) is 9.47 Å². The highest BCUT2D eigenvalue weighted by Gasteiger charge is 2.17. The lowest BCUT2D eigenvalue weighted by Gasteiger charge is -2.26. The summed E-state index contributed by atoms with van der Waals surface area (Å²) in [4.78, 5) is 13.9. The number of nitrogens with zero attached hydrogens (tertiary/aromatic N) is 5. The van der Waals surface area contributed by atoms with Gasteiger partial charge in [0.25, 0.3) is 0 Å². The summed E-state index contributed by atoms with van der Waals surface area (Å²) in [5.74, 6) is 2.11. The first kappa shape index (κ1) is 25.7. The maximum atomic E-state index is 5.99. The van der Waals surface area contributed by atoms with Gasteiger partial charge in [0.1, 0.15) is 18.2 Å². The molecule has 0 radical (unpaired) electrons. The van der Waals surface area contributed by atoms with E-state index in [0.717, 1.165) is 75.9 Å². The van der Waals surface area contributed by atoms with Gasteiger partial charge in [0.05, 0.1) is 25.5 Å². The molecule has 0 bridgehead atoms. The molecule has 1 fully saturated rings. The van der Waals surface area contributed by atoms with Crippen molar-refractivity contribution < 1.29 is 14.2 Å². The Balaban J connectivity index is 1.79. The van der Waals surface area contributed by atoms with Gasteiger partial charge in [-0.15, -0.1) is 0 Å². The molecule has 3 heterocycles. The summed E-state index contributed by atoms with van der Waals surface area (Å²) in [7, 11) is 0. The van der Waals surface area contributed by atoms with Gasteiger partial charge in [-0.25, -0.2) is 0 Å². The first-order valence-electron chi connectivity index (χ1n) is 12.2. The van der Waals surface area contributed by atoms with Crippen LogP contribution in [0.4, 0.5) is 11.6 Å². The number of morpholine rings is 1. The Morgan fingerprint density at radius 3 is 2.59 bits per heavy atom. The second kappa shape index (κ2) is 13.7. The highest BCUT2D eigenvalue weighted by molar-refractivity contribution is 6.04. The van der Waals surface area contributed by atoms with Crippen LogP contribution in [-0.4, -0.2) is 79.7 Å². The van der Waals surface area contributed by atoms with Gasteiger partial charge in [0.15, 0.2) is 5.82 Å². The van der Waals surface area contributed by atoms with E-state index in [9.17, 15) is 0 Å². The van der Waals surface area contributed by atoms with Crippen molar-refractivity contribution in [3.05, 3.63) is 42.7 Å². The number of rotatable bonds is 13. The minimum absolute atomic E-state index is 0.351. The standard InChI is InChI=1S/C25H38N6O3/c1-5-10-31(11-6-2)24-19-23(29-28-21-9-15-33-22(8-4)20(21)7-3)26-25(27-24)34-18-14-30-12-16-32-17-13-30/h7-8,19H,3-6,9-18H2,1-2H3,(H,26,27,29)/b28-21+. The third-order valence-corrected chi connectivity index (χ3v) is 5.61. The molecule has 9 heteroatoms. The van der Waals surface area contributed by atoms with Crippen LogP contribution in [0.1, 0.15) is 33.1 Å². The minimum atomic E-state index is 0.351. The summed E-state index contributed by atoms with van der Waals surface area (Å²) in [6.45, 7) is 19.1. The van der Waals surface area contributed by atoms with Crippen molar-refractivity contribution in [2.45, 2.75) is 33.1 Å². The number of hydrogen-bond acceptors (Lipinski definition) is 9. The van der Waals surface area contributed by atoms with Gasteiger partial charge in [-0.2, -0.15) is 15.1 Å². The van der Waals surface area contributed by atoms with Gasteiger partial charge in [-0.05, 0) is 18.9 Å². The third-order valence-electron chi connectivity index (χ3n) is 5.61. The van der Waals surface area contributed by atoms with Crippen molar-refractivity contribution in [1.29, 1.82) is 0 Å². The van der Waals surface area contributed by atoms with Crippen LogP contribution >= 0.6 is 0 Å². The maximum Gasteiger partial charge on any atom is 0.320 e. The summed E-state index contributed by atoms with van der Waals surface area (Å²) < 4.78 is 17.1. The summed E-state index contributed by atoms with van der Waals surface area (Å²) >= 11 is 0. The van der Waals surface area contributed by atoms with E-state index < -0.39 is 0 Å². The molecule has 1 N–H and O–H groups in total. The second-order valence-electron chi connectivity index (χ2n) is 8.14. The lowest BCUT2D eigenvalue weighted by molar-refractivity contribution is 0.0317. The molecule has 0 atom stereocenters. The first-order chi connectivity index (χ1) is 16.7. The molecule has 9 nitrogen and oxygen atoms in total. The van der Waals surface area contributed by atoms with Gasteiger partial charge < -0.3 is 19.1 Å². The van der Waals surface area contributed by atoms with Crippen molar-refractivity contribution in [2.75, 3.05) is 69.5 Å². The molecule has 1 aromatic heterocycles. The van der Waals surface area contributed by atoms with Crippen LogP contribution in [0.25, 0.3) is 0 Å². The number of nitrogens with one attached hydrogen (secondary N) is 1. The Labute approximate surface area is 203 Å².